The van der Waals surface area contributed by atoms with Crippen molar-refractivity contribution >= 4 is 39.0 Å². The number of hydrogen-bond acceptors (Lipinski definition) is 7. The van der Waals surface area contributed by atoms with Crippen LogP contribution in [0.4, 0.5) is 11.5 Å². The van der Waals surface area contributed by atoms with E-state index in [0.717, 1.165) is 47.0 Å². The normalized spacial score (nSPS) is 15.8. The summed E-state index contributed by atoms with van der Waals surface area (Å²) < 4.78 is 6.57. The highest BCUT2D eigenvalue weighted by Gasteiger charge is 2.27. The molecule has 0 radical (unpaired) electrons. The second-order valence-corrected chi connectivity index (χ2v) is 10.1. The van der Waals surface area contributed by atoms with Crippen molar-refractivity contribution in [2.45, 2.75) is 19.8 Å². The molecule has 4 heterocycles. The molecule has 3 aromatic heterocycles. The van der Waals surface area contributed by atoms with Gasteiger partial charge in [-0.05, 0) is 86.0 Å². The zero-order chi connectivity index (χ0) is 24.5. The molecule has 0 aliphatic carbocycles. The lowest BCUT2D eigenvalue weighted by Crippen LogP contribution is -2.41. The fourth-order valence-corrected chi connectivity index (χ4v) is 5.61. The van der Waals surface area contributed by atoms with Crippen molar-refractivity contribution in [3.05, 3.63) is 78.6 Å². The Morgan fingerprint density at radius 2 is 1.97 bits per heavy atom. The lowest BCUT2D eigenvalue weighted by Gasteiger charge is -2.32. The first-order valence-electron chi connectivity index (χ1n) is 12.0. The molecule has 1 saturated heterocycles. The number of anilines is 2. The van der Waals surface area contributed by atoms with Crippen molar-refractivity contribution in [2.75, 3.05) is 23.3 Å². The molecule has 0 saturated carbocycles. The van der Waals surface area contributed by atoms with Gasteiger partial charge >= 0.3 is 0 Å². The molecule has 1 N–H and O–H groups in total. The fourth-order valence-electron chi connectivity index (χ4n) is 4.54. The smallest absolute Gasteiger partial charge is 0.229 e. The second-order valence-electron chi connectivity index (χ2n) is 9.10. The third kappa shape index (κ3) is 4.59. The third-order valence-electron chi connectivity index (χ3n) is 6.48. The molecule has 6 rings (SSSR count). The Morgan fingerprint density at radius 3 is 2.75 bits per heavy atom. The van der Waals surface area contributed by atoms with E-state index in [1.807, 2.05) is 48.5 Å². The number of nitrogens with zero attached hydrogens (tertiary/aromatic N) is 4. The van der Waals surface area contributed by atoms with Crippen LogP contribution in [0.2, 0.25) is 0 Å². The molecule has 36 heavy (non-hydrogen) atoms. The molecular weight excluding hydrogens is 470 g/mol. The summed E-state index contributed by atoms with van der Waals surface area (Å²) in [6.07, 6.45) is 3.40. The van der Waals surface area contributed by atoms with Gasteiger partial charge in [0.05, 0.1) is 22.4 Å². The standard InChI is InChI=1S/C28H25N5O2S/c1-18-6-11-23-25(16-18)36-28(30-23)19-7-9-21(10-8-19)29-27(34)20-4-2-14-33(17-20)26-13-12-22(31-32-26)24-5-3-15-35-24/h3,5-13,15-16,20H,2,4,14,17H2,1H3,(H,29,34). The summed E-state index contributed by atoms with van der Waals surface area (Å²) in [5.74, 6) is 1.38. The van der Waals surface area contributed by atoms with Gasteiger partial charge < -0.3 is 14.6 Å². The monoisotopic (exact) mass is 495 g/mol. The molecule has 5 aromatic rings. The lowest BCUT2D eigenvalue weighted by molar-refractivity contribution is -0.120. The lowest BCUT2D eigenvalue weighted by atomic mass is 9.97. The maximum atomic E-state index is 13.1. The van der Waals surface area contributed by atoms with Crippen LogP contribution in [0.15, 0.2) is 77.4 Å². The summed E-state index contributed by atoms with van der Waals surface area (Å²) in [5, 5.41) is 12.7. The number of aryl methyl sites for hydroxylation is 1. The van der Waals surface area contributed by atoms with Crippen LogP contribution >= 0.6 is 11.3 Å². The molecule has 0 bridgehead atoms. The van der Waals surface area contributed by atoms with Gasteiger partial charge in [-0.2, -0.15) is 0 Å². The van der Waals surface area contributed by atoms with Crippen LogP contribution in [0.3, 0.4) is 0 Å². The van der Waals surface area contributed by atoms with Gasteiger partial charge in [-0.15, -0.1) is 21.5 Å². The van der Waals surface area contributed by atoms with Crippen LogP contribution < -0.4 is 10.2 Å². The van der Waals surface area contributed by atoms with Crippen LogP contribution in [-0.2, 0) is 4.79 Å². The van der Waals surface area contributed by atoms with Gasteiger partial charge in [0.15, 0.2) is 11.6 Å². The zero-order valence-electron chi connectivity index (χ0n) is 19.8. The molecule has 2 aromatic carbocycles. The van der Waals surface area contributed by atoms with E-state index >= 15 is 0 Å². The Labute approximate surface area is 212 Å². The number of fused-ring (bicyclic) bond motifs is 1. The van der Waals surface area contributed by atoms with Crippen molar-refractivity contribution in [2.24, 2.45) is 5.92 Å². The SMILES string of the molecule is Cc1ccc2nc(-c3ccc(NC(=O)C4CCCN(c5ccc(-c6ccco6)nn5)C4)cc3)sc2c1. The second kappa shape index (κ2) is 9.54. The van der Waals surface area contributed by atoms with Crippen LogP contribution in [0.25, 0.3) is 32.2 Å². The number of rotatable bonds is 5. The summed E-state index contributed by atoms with van der Waals surface area (Å²) in [4.78, 5) is 19.9. The molecule has 1 aliphatic rings. The first-order valence-corrected chi connectivity index (χ1v) is 12.8. The molecule has 1 aliphatic heterocycles. The summed E-state index contributed by atoms with van der Waals surface area (Å²) in [6, 6.07) is 21.8. The number of amides is 1. The number of carbonyl (C=O) groups is 1. The van der Waals surface area contributed by atoms with Gasteiger partial charge in [0.2, 0.25) is 5.91 Å². The van der Waals surface area contributed by atoms with Crippen LogP contribution in [-0.4, -0.2) is 34.2 Å². The van der Waals surface area contributed by atoms with Gasteiger partial charge in [-0.25, -0.2) is 4.98 Å². The first-order chi connectivity index (χ1) is 17.6. The summed E-state index contributed by atoms with van der Waals surface area (Å²) in [6.45, 7) is 3.56. The number of carbonyl (C=O) groups excluding carboxylic acids is 1. The third-order valence-corrected chi connectivity index (χ3v) is 7.55. The van der Waals surface area contributed by atoms with E-state index < -0.39 is 0 Å². The number of thiazole rings is 1. The fraction of sp³-hybridized carbons (Fsp3) is 0.214. The topological polar surface area (TPSA) is 84.2 Å². The Kier molecular flexibility index (Phi) is 5.95. The van der Waals surface area contributed by atoms with Crippen LogP contribution in [0.1, 0.15) is 18.4 Å². The minimum absolute atomic E-state index is 0.0306. The summed E-state index contributed by atoms with van der Waals surface area (Å²) in [5.41, 5.74) is 4.78. The van der Waals surface area contributed by atoms with Gasteiger partial charge in [0, 0.05) is 24.3 Å². The molecule has 7 nitrogen and oxygen atoms in total. The van der Waals surface area contributed by atoms with E-state index in [-0.39, 0.29) is 11.8 Å². The predicted molar refractivity (Wildman–Crippen MR) is 143 cm³/mol. The van der Waals surface area contributed by atoms with E-state index in [2.05, 4.69) is 45.5 Å². The quantitative estimate of drug-likeness (QED) is 0.314. The molecule has 0 spiro atoms. The Balaban J connectivity index is 1.10. The van der Waals surface area contributed by atoms with E-state index in [0.29, 0.717) is 18.0 Å². The van der Waals surface area contributed by atoms with Crippen molar-refractivity contribution < 1.29 is 9.21 Å². The number of piperidine rings is 1. The molecule has 1 atom stereocenters. The van der Waals surface area contributed by atoms with E-state index in [1.54, 1.807) is 17.6 Å². The predicted octanol–water partition coefficient (Wildman–Crippen LogP) is 6.18. The first kappa shape index (κ1) is 22.4. The Morgan fingerprint density at radius 1 is 1.08 bits per heavy atom. The van der Waals surface area contributed by atoms with E-state index in [4.69, 9.17) is 9.40 Å². The van der Waals surface area contributed by atoms with Gasteiger partial charge in [-0.3, -0.25) is 4.79 Å². The molecule has 1 fully saturated rings. The van der Waals surface area contributed by atoms with Crippen LogP contribution in [0.5, 0.6) is 0 Å². The highest BCUT2D eigenvalue weighted by Crippen LogP contribution is 2.31. The van der Waals surface area contributed by atoms with Gasteiger partial charge in [0.1, 0.15) is 10.7 Å². The number of benzene rings is 2. The van der Waals surface area contributed by atoms with Crippen molar-refractivity contribution in [1.82, 2.24) is 15.2 Å². The Bertz CT molecular complexity index is 1490. The number of nitrogens with one attached hydrogen (secondary N) is 1. The van der Waals surface area contributed by atoms with Crippen molar-refractivity contribution in [1.29, 1.82) is 0 Å². The summed E-state index contributed by atoms with van der Waals surface area (Å²) in [7, 11) is 0. The molecule has 1 unspecified atom stereocenters. The minimum atomic E-state index is -0.113. The number of aromatic nitrogens is 3. The molecule has 1 amide bonds. The van der Waals surface area contributed by atoms with Crippen molar-refractivity contribution in [3.63, 3.8) is 0 Å². The molecule has 8 heteroatoms. The average Bonchev–Trinajstić information content (AvgIpc) is 3.60. The highest BCUT2D eigenvalue weighted by atomic mass is 32.1. The maximum Gasteiger partial charge on any atom is 0.229 e. The maximum absolute atomic E-state index is 13.1. The van der Waals surface area contributed by atoms with Crippen LogP contribution in [0, 0.1) is 12.8 Å². The summed E-state index contributed by atoms with van der Waals surface area (Å²) >= 11 is 1.68. The highest BCUT2D eigenvalue weighted by molar-refractivity contribution is 7.21. The number of hydrogen-bond donors (Lipinski definition) is 1. The van der Waals surface area contributed by atoms with E-state index in [1.165, 1.54) is 10.3 Å². The van der Waals surface area contributed by atoms with Gasteiger partial charge in [0.25, 0.3) is 0 Å². The van der Waals surface area contributed by atoms with E-state index in [9.17, 15) is 4.79 Å². The Hall–Kier alpha value is -4.04. The minimum Gasteiger partial charge on any atom is -0.463 e. The molecular formula is C28H25N5O2S. The average molecular weight is 496 g/mol. The molecule has 180 valence electrons. The largest absolute Gasteiger partial charge is 0.463 e. The van der Waals surface area contributed by atoms with Gasteiger partial charge in [-0.1, -0.05) is 6.07 Å². The number of furan rings is 1. The zero-order valence-corrected chi connectivity index (χ0v) is 20.7. The van der Waals surface area contributed by atoms with Crippen molar-refractivity contribution in [3.8, 4) is 22.0 Å².